The van der Waals surface area contributed by atoms with Crippen molar-refractivity contribution in [1.29, 1.82) is 0 Å². The van der Waals surface area contributed by atoms with Crippen LogP contribution in [0, 0.1) is 6.92 Å². The van der Waals surface area contributed by atoms with Crippen LogP contribution < -0.4 is 5.32 Å². The number of fused-ring (bicyclic) bond motifs is 1. The van der Waals surface area contributed by atoms with E-state index in [1.54, 1.807) is 7.11 Å². The van der Waals surface area contributed by atoms with Crippen molar-refractivity contribution in [3.05, 3.63) is 28.5 Å². The number of aryl methyl sites for hydroxylation is 2. The molecule has 1 aliphatic rings. The largest absolute Gasteiger partial charge is 0.385 e. The molecule has 0 aromatic carbocycles. The van der Waals surface area contributed by atoms with Crippen LogP contribution in [-0.4, -0.2) is 29.3 Å². The summed E-state index contributed by atoms with van der Waals surface area (Å²) in [6.45, 7) is 4.63. The normalized spacial score (nSPS) is 14.9. The lowest BCUT2D eigenvalue weighted by Gasteiger charge is -2.05. The van der Waals surface area contributed by atoms with Crippen LogP contribution in [0.1, 0.15) is 36.9 Å². The highest BCUT2D eigenvalue weighted by atomic mass is 35.5. The topological polar surface area (TPSA) is 39.1 Å². The molecule has 0 saturated heterocycles. The van der Waals surface area contributed by atoms with Gasteiger partial charge in [0.1, 0.15) is 5.65 Å². The van der Waals surface area contributed by atoms with E-state index in [4.69, 9.17) is 21.3 Å². The van der Waals surface area contributed by atoms with Crippen LogP contribution in [-0.2, 0) is 17.8 Å². The molecule has 2 aromatic heterocycles. The van der Waals surface area contributed by atoms with Crippen LogP contribution in [0.5, 0.6) is 0 Å². The summed E-state index contributed by atoms with van der Waals surface area (Å²) in [7, 11) is 1.75. The lowest BCUT2D eigenvalue weighted by molar-refractivity contribution is 0.191. The molecule has 5 heteroatoms. The van der Waals surface area contributed by atoms with E-state index >= 15 is 0 Å². The second-order valence-electron chi connectivity index (χ2n) is 6.15. The summed E-state index contributed by atoms with van der Waals surface area (Å²) >= 11 is 6.49. The van der Waals surface area contributed by atoms with Crippen LogP contribution in [0.4, 0.5) is 0 Å². The number of hydrogen-bond donors (Lipinski definition) is 1. The Balaban J connectivity index is 1.85. The summed E-state index contributed by atoms with van der Waals surface area (Å²) in [6.07, 6.45) is 6.94. The number of nitrogens with one attached hydrogen (secondary N) is 1. The summed E-state index contributed by atoms with van der Waals surface area (Å²) in [5, 5.41) is 5.49. The van der Waals surface area contributed by atoms with E-state index in [1.807, 2.05) is 13.0 Å². The van der Waals surface area contributed by atoms with Gasteiger partial charge in [-0.05, 0) is 44.2 Å². The fraction of sp³-hybridized carbons (Fsp3) is 0.588. The summed E-state index contributed by atoms with van der Waals surface area (Å²) < 4.78 is 7.37. The molecule has 0 aliphatic heterocycles. The first-order valence-electron chi connectivity index (χ1n) is 8.06. The van der Waals surface area contributed by atoms with E-state index in [0.29, 0.717) is 6.04 Å². The first kappa shape index (κ1) is 15.8. The van der Waals surface area contributed by atoms with Gasteiger partial charge in [0.2, 0.25) is 0 Å². The third-order valence-electron chi connectivity index (χ3n) is 4.14. The van der Waals surface area contributed by atoms with Gasteiger partial charge in [0.15, 0.2) is 0 Å². The molecule has 3 rings (SSSR count). The van der Waals surface area contributed by atoms with E-state index in [2.05, 4.69) is 16.1 Å². The van der Waals surface area contributed by atoms with Crippen LogP contribution in [0.2, 0.25) is 5.02 Å². The Kier molecular flexibility index (Phi) is 5.01. The van der Waals surface area contributed by atoms with Crippen molar-refractivity contribution in [2.75, 3.05) is 13.7 Å². The van der Waals surface area contributed by atoms with Crippen molar-refractivity contribution in [2.45, 2.75) is 51.7 Å². The Morgan fingerprint density at radius 1 is 1.41 bits per heavy atom. The number of nitrogens with zero attached hydrogens (tertiary/aromatic N) is 2. The van der Waals surface area contributed by atoms with Gasteiger partial charge in [0, 0.05) is 50.1 Å². The van der Waals surface area contributed by atoms with Gasteiger partial charge in [-0.1, -0.05) is 11.6 Å². The highest BCUT2D eigenvalue weighted by Gasteiger charge is 2.21. The van der Waals surface area contributed by atoms with Gasteiger partial charge in [0.25, 0.3) is 0 Å². The second-order valence-corrected chi connectivity index (χ2v) is 6.55. The van der Waals surface area contributed by atoms with Gasteiger partial charge in [-0.2, -0.15) is 0 Å². The zero-order valence-corrected chi connectivity index (χ0v) is 14.1. The number of rotatable bonds is 8. The number of unbranched alkanes of at least 4 members (excludes halogenated alkanes) is 1. The zero-order chi connectivity index (χ0) is 15.5. The molecular formula is C17H24ClN3O. The van der Waals surface area contributed by atoms with Gasteiger partial charge in [-0.15, -0.1) is 0 Å². The van der Waals surface area contributed by atoms with E-state index in [1.165, 1.54) is 18.4 Å². The number of hydrogen-bond acceptors (Lipinski definition) is 3. The number of aromatic nitrogens is 2. The number of methoxy groups -OCH3 is 1. The Morgan fingerprint density at radius 2 is 2.23 bits per heavy atom. The third kappa shape index (κ3) is 3.62. The molecule has 0 atom stereocenters. The molecule has 1 saturated carbocycles. The summed E-state index contributed by atoms with van der Waals surface area (Å²) in [6, 6.07) is 2.65. The van der Waals surface area contributed by atoms with Crippen molar-refractivity contribution in [1.82, 2.24) is 14.9 Å². The Morgan fingerprint density at radius 3 is 2.95 bits per heavy atom. The van der Waals surface area contributed by atoms with Crippen LogP contribution in [0.15, 0.2) is 12.3 Å². The smallest absolute Gasteiger partial charge is 0.141 e. The fourth-order valence-corrected chi connectivity index (χ4v) is 3.17. The van der Waals surface area contributed by atoms with Crippen molar-refractivity contribution in [3.8, 4) is 0 Å². The van der Waals surface area contributed by atoms with Gasteiger partial charge < -0.3 is 14.6 Å². The molecule has 0 spiro atoms. The number of pyridine rings is 1. The molecule has 0 bridgehead atoms. The molecule has 120 valence electrons. The standard InChI is InChI=1S/C17H24ClN3O/c1-12-9-15(18)16-13(10-19-14-5-6-14)11-21(17(16)20-12)7-3-4-8-22-2/h9,11,14,19H,3-8,10H2,1-2H3. The molecule has 2 aromatic rings. The maximum absolute atomic E-state index is 6.49. The van der Waals surface area contributed by atoms with Gasteiger partial charge >= 0.3 is 0 Å². The van der Waals surface area contributed by atoms with E-state index in [9.17, 15) is 0 Å². The highest BCUT2D eigenvalue weighted by molar-refractivity contribution is 6.35. The SMILES string of the molecule is COCCCCn1cc(CNC2CC2)c2c(Cl)cc(C)nc21. The van der Waals surface area contributed by atoms with Crippen molar-refractivity contribution < 1.29 is 4.74 Å². The maximum atomic E-state index is 6.49. The zero-order valence-electron chi connectivity index (χ0n) is 13.4. The summed E-state index contributed by atoms with van der Waals surface area (Å²) in [4.78, 5) is 4.72. The first-order chi connectivity index (χ1) is 10.7. The average Bonchev–Trinajstić information content (AvgIpc) is 3.24. The minimum atomic E-state index is 0.692. The fourth-order valence-electron chi connectivity index (χ4n) is 2.81. The Labute approximate surface area is 136 Å². The average molecular weight is 322 g/mol. The third-order valence-corrected chi connectivity index (χ3v) is 4.44. The van der Waals surface area contributed by atoms with E-state index < -0.39 is 0 Å². The lowest BCUT2D eigenvalue weighted by Crippen LogP contribution is -2.15. The molecule has 1 aliphatic carbocycles. The van der Waals surface area contributed by atoms with Crippen LogP contribution in [0.3, 0.4) is 0 Å². The minimum absolute atomic E-state index is 0.692. The summed E-state index contributed by atoms with van der Waals surface area (Å²) in [5.74, 6) is 0. The molecule has 1 N–H and O–H groups in total. The van der Waals surface area contributed by atoms with Gasteiger partial charge in [-0.25, -0.2) is 4.98 Å². The van der Waals surface area contributed by atoms with Crippen molar-refractivity contribution in [3.63, 3.8) is 0 Å². The molecule has 0 amide bonds. The molecule has 0 radical (unpaired) electrons. The predicted molar refractivity (Wildman–Crippen MR) is 90.5 cm³/mol. The molecule has 1 fully saturated rings. The lowest BCUT2D eigenvalue weighted by atomic mass is 10.2. The molecular weight excluding hydrogens is 298 g/mol. The molecule has 22 heavy (non-hydrogen) atoms. The summed E-state index contributed by atoms with van der Waals surface area (Å²) in [5.41, 5.74) is 3.23. The first-order valence-corrected chi connectivity index (χ1v) is 8.44. The van der Waals surface area contributed by atoms with Crippen molar-refractivity contribution >= 4 is 22.6 Å². The van der Waals surface area contributed by atoms with Gasteiger partial charge in [-0.3, -0.25) is 0 Å². The van der Waals surface area contributed by atoms with E-state index in [0.717, 1.165) is 54.3 Å². The Hall–Kier alpha value is -1.10. The number of ether oxygens (including phenoxy) is 1. The molecule has 2 heterocycles. The van der Waals surface area contributed by atoms with Crippen LogP contribution in [0.25, 0.3) is 11.0 Å². The van der Waals surface area contributed by atoms with Crippen LogP contribution >= 0.6 is 11.6 Å². The second kappa shape index (κ2) is 6.99. The highest BCUT2D eigenvalue weighted by Crippen LogP contribution is 2.29. The quantitative estimate of drug-likeness (QED) is 0.754. The number of halogens is 1. The van der Waals surface area contributed by atoms with E-state index in [-0.39, 0.29) is 0 Å². The Bertz CT molecular complexity index is 649. The predicted octanol–water partition coefficient (Wildman–Crippen LogP) is 3.68. The monoisotopic (exact) mass is 321 g/mol. The maximum Gasteiger partial charge on any atom is 0.141 e. The molecule has 4 nitrogen and oxygen atoms in total. The van der Waals surface area contributed by atoms with Gasteiger partial charge in [0.05, 0.1) is 5.02 Å². The van der Waals surface area contributed by atoms with Crippen molar-refractivity contribution in [2.24, 2.45) is 0 Å². The molecule has 0 unspecified atom stereocenters. The minimum Gasteiger partial charge on any atom is -0.385 e.